The zero-order chi connectivity index (χ0) is 14.9. The molecule has 0 bridgehead atoms. The summed E-state index contributed by atoms with van der Waals surface area (Å²) in [4.78, 5) is -0.535. The summed E-state index contributed by atoms with van der Waals surface area (Å²) >= 11 is 2.87. The molecular formula is C12H14BrF2NO3S. The maximum atomic E-state index is 13.7. The predicted octanol–water partition coefficient (Wildman–Crippen LogP) is 2.38. The van der Waals surface area contributed by atoms with Gasteiger partial charge in [-0.15, -0.1) is 0 Å². The molecule has 0 radical (unpaired) electrons. The van der Waals surface area contributed by atoms with Crippen LogP contribution in [0.5, 0.6) is 0 Å². The van der Waals surface area contributed by atoms with Gasteiger partial charge < -0.3 is 4.74 Å². The molecule has 1 unspecified atom stereocenters. The lowest BCUT2D eigenvalue weighted by atomic mass is 10.1. The first-order valence-corrected chi connectivity index (χ1v) is 8.24. The van der Waals surface area contributed by atoms with Gasteiger partial charge in [-0.3, -0.25) is 0 Å². The summed E-state index contributed by atoms with van der Waals surface area (Å²) in [7, 11) is -2.61. The largest absolute Gasteiger partial charge is 0.381 e. The molecule has 1 saturated heterocycles. The van der Waals surface area contributed by atoms with Gasteiger partial charge in [-0.25, -0.2) is 21.5 Å². The van der Waals surface area contributed by atoms with Crippen molar-refractivity contribution in [3.8, 4) is 0 Å². The van der Waals surface area contributed by atoms with Gasteiger partial charge in [0, 0.05) is 26.3 Å². The minimum Gasteiger partial charge on any atom is -0.381 e. The number of rotatable bonds is 4. The van der Waals surface area contributed by atoms with E-state index in [1.54, 1.807) is 0 Å². The molecule has 0 saturated carbocycles. The van der Waals surface area contributed by atoms with Crippen molar-refractivity contribution < 1.29 is 21.9 Å². The Kier molecular flexibility index (Phi) is 4.78. The van der Waals surface area contributed by atoms with E-state index < -0.39 is 26.6 Å². The van der Waals surface area contributed by atoms with E-state index in [1.807, 2.05) is 0 Å². The molecule has 0 N–H and O–H groups in total. The summed E-state index contributed by atoms with van der Waals surface area (Å²) in [6.45, 7) is 1.35. The van der Waals surface area contributed by atoms with Gasteiger partial charge >= 0.3 is 0 Å². The topological polar surface area (TPSA) is 46.6 Å². The van der Waals surface area contributed by atoms with Crippen LogP contribution in [0.2, 0.25) is 0 Å². The summed E-state index contributed by atoms with van der Waals surface area (Å²) < 4.78 is 57.7. The first-order valence-electron chi connectivity index (χ1n) is 6.01. The molecule has 0 spiro atoms. The highest BCUT2D eigenvalue weighted by Crippen LogP contribution is 2.26. The fourth-order valence-electron chi connectivity index (χ4n) is 2.06. The smallest absolute Gasteiger partial charge is 0.245 e. The molecule has 2 rings (SSSR count). The van der Waals surface area contributed by atoms with Gasteiger partial charge in [0.2, 0.25) is 10.0 Å². The molecule has 1 aliphatic rings. The second-order valence-corrected chi connectivity index (χ2v) is 7.58. The molecule has 8 heteroatoms. The van der Waals surface area contributed by atoms with Gasteiger partial charge in [0.1, 0.15) is 16.5 Å². The number of nitrogens with zero attached hydrogens (tertiary/aromatic N) is 1. The van der Waals surface area contributed by atoms with Crippen LogP contribution in [-0.4, -0.2) is 39.5 Å². The Morgan fingerprint density at radius 2 is 2.10 bits per heavy atom. The SMILES string of the molecule is CN(CC1CCOC1)S(=O)(=O)c1cc(Br)c(F)cc1F. The van der Waals surface area contributed by atoms with Crippen LogP contribution >= 0.6 is 15.9 Å². The van der Waals surface area contributed by atoms with Crippen LogP contribution in [0.4, 0.5) is 8.78 Å². The number of halogens is 3. The number of hydrogen-bond acceptors (Lipinski definition) is 3. The fourth-order valence-corrected chi connectivity index (χ4v) is 3.87. The predicted molar refractivity (Wildman–Crippen MR) is 72.8 cm³/mol. The van der Waals surface area contributed by atoms with Crippen molar-refractivity contribution in [2.75, 3.05) is 26.8 Å². The molecule has 1 heterocycles. The fraction of sp³-hybridized carbons (Fsp3) is 0.500. The Morgan fingerprint density at radius 3 is 2.70 bits per heavy atom. The standard InChI is InChI=1S/C12H14BrF2NO3S/c1-16(6-8-2-3-19-7-8)20(17,18)12-4-9(13)10(14)5-11(12)15/h4-5,8H,2-3,6-7H2,1H3. The maximum absolute atomic E-state index is 13.7. The van der Waals surface area contributed by atoms with Gasteiger partial charge in [-0.1, -0.05) is 0 Å². The van der Waals surface area contributed by atoms with Crippen molar-refractivity contribution in [1.82, 2.24) is 4.31 Å². The van der Waals surface area contributed by atoms with Crippen molar-refractivity contribution >= 4 is 26.0 Å². The number of sulfonamides is 1. The van der Waals surface area contributed by atoms with E-state index in [0.717, 1.165) is 16.8 Å². The zero-order valence-corrected chi connectivity index (χ0v) is 13.2. The highest BCUT2D eigenvalue weighted by atomic mass is 79.9. The van der Waals surface area contributed by atoms with Gasteiger partial charge in [0.15, 0.2) is 0 Å². The molecule has 1 aromatic carbocycles. The summed E-state index contributed by atoms with van der Waals surface area (Å²) in [5, 5.41) is 0. The van der Waals surface area contributed by atoms with Crippen LogP contribution in [0, 0.1) is 17.6 Å². The number of hydrogen-bond donors (Lipinski definition) is 0. The van der Waals surface area contributed by atoms with Crippen LogP contribution in [0.25, 0.3) is 0 Å². The normalized spacial score (nSPS) is 19.8. The van der Waals surface area contributed by atoms with E-state index in [4.69, 9.17) is 4.74 Å². The minimum absolute atomic E-state index is 0.0879. The lowest BCUT2D eigenvalue weighted by molar-refractivity contribution is 0.182. The molecule has 1 aromatic rings. The highest BCUT2D eigenvalue weighted by Gasteiger charge is 2.29. The van der Waals surface area contributed by atoms with E-state index in [-0.39, 0.29) is 16.9 Å². The molecule has 0 aromatic heterocycles. The molecule has 1 fully saturated rings. The third kappa shape index (κ3) is 3.19. The van der Waals surface area contributed by atoms with E-state index in [2.05, 4.69) is 15.9 Å². The van der Waals surface area contributed by atoms with Crippen LogP contribution < -0.4 is 0 Å². The minimum atomic E-state index is -3.99. The lowest BCUT2D eigenvalue weighted by Gasteiger charge is -2.20. The second kappa shape index (κ2) is 6.05. The van der Waals surface area contributed by atoms with Crippen molar-refractivity contribution in [1.29, 1.82) is 0 Å². The Bertz CT molecular complexity index is 603. The van der Waals surface area contributed by atoms with Crippen LogP contribution in [0.3, 0.4) is 0 Å². The molecule has 1 atom stereocenters. The third-order valence-electron chi connectivity index (χ3n) is 3.20. The number of benzene rings is 1. The molecule has 0 amide bonds. The Labute approximate surface area is 124 Å². The van der Waals surface area contributed by atoms with Gasteiger partial charge in [-0.05, 0) is 34.3 Å². The quantitative estimate of drug-likeness (QED) is 0.765. The number of ether oxygens (including phenoxy) is 1. The summed E-state index contributed by atoms with van der Waals surface area (Å²) in [6, 6.07) is 1.51. The Balaban J connectivity index is 2.27. The molecular weight excluding hydrogens is 356 g/mol. The van der Waals surface area contributed by atoms with Crippen molar-refractivity contribution in [3.05, 3.63) is 28.2 Å². The highest BCUT2D eigenvalue weighted by molar-refractivity contribution is 9.10. The van der Waals surface area contributed by atoms with E-state index in [9.17, 15) is 17.2 Å². The van der Waals surface area contributed by atoms with Gasteiger partial charge in [0.05, 0.1) is 11.1 Å². The first kappa shape index (κ1) is 15.8. The second-order valence-electron chi connectivity index (χ2n) is 4.71. The van der Waals surface area contributed by atoms with E-state index >= 15 is 0 Å². The molecule has 1 aliphatic heterocycles. The Morgan fingerprint density at radius 1 is 1.40 bits per heavy atom. The average Bonchev–Trinajstić information content (AvgIpc) is 2.86. The van der Waals surface area contributed by atoms with Crippen LogP contribution in [-0.2, 0) is 14.8 Å². The molecule has 112 valence electrons. The molecule has 20 heavy (non-hydrogen) atoms. The third-order valence-corrected chi connectivity index (χ3v) is 5.65. The average molecular weight is 370 g/mol. The van der Waals surface area contributed by atoms with Crippen LogP contribution in [0.15, 0.2) is 21.5 Å². The van der Waals surface area contributed by atoms with Gasteiger partial charge in [0.25, 0.3) is 0 Å². The van der Waals surface area contributed by atoms with E-state index in [1.165, 1.54) is 7.05 Å². The molecule has 0 aliphatic carbocycles. The van der Waals surface area contributed by atoms with Crippen molar-refractivity contribution in [2.24, 2.45) is 5.92 Å². The first-order chi connectivity index (χ1) is 9.32. The Hall–Kier alpha value is -0.570. The van der Waals surface area contributed by atoms with Crippen molar-refractivity contribution in [3.63, 3.8) is 0 Å². The zero-order valence-electron chi connectivity index (χ0n) is 10.8. The summed E-state index contributed by atoms with van der Waals surface area (Å²) in [5.74, 6) is -1.84. The van der Waals surface area contributed by atoms with Crippen molar-refractivity contribution in [2.45, 2.75) is 11.3 Å². The summed E-state index contributed by atoms with van der Waals surface area (Å²) in [5.41, 5.74) is 0. The van der Waals surface area contributed by atoms with E-state index in [0.29, 0.717) is 19.3 Å². The summed E-state index contributed by atoms with van der Waals surface area (Å²) in [6.07, 6.45) is 0.773. The monoisotopic (exact) mass is 369 g/mol. The van der Waals surface area contributed by atoms with Gasteiger partial charge in [-0.2, -0.15) is 0 Å². The molecule has 4 nitrogen and oxygen atoms in total. The maximum Gasteiger partial charge on any atom is 0.245 e. The van der Waals surface area contributed by atoms with Crippen LogP contribution in [0.1, 0.15) is 6.42 Å². The lowest BCUT2D eigenvalue weighted by Crippen LogP contribution is -2.32.